The second-order valence-electron chi connectivity index (χ2n) is 2.80. The second-order valence-corrected chi connectivity index (χ2v) is 4.39. The van der Waals surface area contributed by atoms with Crippen LogP contribution in [0.25, 0.3) is 0 Å². The molecule has 0 spiro atoms. The monoisotopic (exact) mass is 338 g/mol. The van der Waals surface area contributed by atoms with Gasteiger partial charge in [-0.15, -0.1) is 5.11 Å². The number of nitrogens with zero attached hydrogens (tertiary/aromatic N) is 2. The van der Waals surface area contributed by atoms with Gasteiger partial charge in [-0.3, -0.25) is 0 Å². The maximum Gasteiger partial charge on any atom is 0.333 e. The highest BCUT2D eigenvalue weighted by Crippen LogP contribution is 2.28. The number of halogens is 2. The Balaban J connectivity index is 2.94. The van der Waals surface area contributed by atoms with Crippen LogP contribution in [-0.2, 0) is 9.63 Å². The smallest absolute Gasteiger partial charge is 0.300 e. The van der Waals surface area contributed by atoms with Crippen molar-refractivity contribution in [2.45, 2.75) is 13.8 Å². The summed E-state index contributed by atoms with van der Waals surface area (Å²) in [6.45, 7) is 3.15. The molecule has 0 N–H and O–H groups in total. The second kappa shape index (κ2) is 5.41. The number of benzene rings is 1. The van der Waals surface area contributed by atoms with Gasteiger partial charge in [0.1, 0.15) is 0 Å². The Hall–Kier alpha value is -0.690. The van der Waals surface area contributed by atoms with Crippen LogP contribution in [0, 0.1) is 10.5 Å². The molecule has 0 unspecified atom stereocenters. The van der Waals surface area contributed by atoms with E-state index in [-0.39, 0.29) is 0 Å². The van der Waals surface area contributed by atoms with Gasteiger partial charge in [0.2, 0.25) is 0 Å². The van der Waals surface area contributed by atoms with Crippen molar-refractivity contribution in [2.24, 2.45) is 10.4 Å². The average Bonchev–Trinajstić information content (AvgIpc) is 2.12. The SMILES string of the molecule is CC(=O)ON=Nc1cc(Cl)cc(I)c1C. The van der Waals surface area contributed by atoms with Gasteiger partial charge >= 0.3 is 5.97 Å². The van der Waals surface area contributed by atoms with Gasteiger partial charge in [0.25, 0.3) is 0 Å². The van der Waals surface area contributed by atoms with Gasteiger partial charge in [-0.1, -0.05) is 11.6 Å². The first kappa shape index (κ1) is 12.4. The molecule has 15 heavy (non-hydrogen) atoms. The van der Waals surface area contributed by atoms with E-state index in [0.29, 0.717) is 10.7 Å². The molecule has 0 aliphatic carbocycles. The van der Waals surface area contributed by atoms with Crippen molar-refractivity contribution in [2.75, 3.05) is 0 Å². The standard InChI is InChI=1S/C9H8ClIN2O2/c1-5-8(11)3-7(10)4-9(5)12-13-15-6(2)14/h3-4H,1-2H3. The summed E-state index contributed by atoms with van der Waals surface area (Å²) in [6, 6.07) is 3.48. The molecule has 0 fully saturated rings. The van der Waals surface area contributed by atoms with Crippen molar-refractivity contribution in [3.63, 3.8) is 0 Å². The lowest BCUT2D eigenvalue weighted by Gasteiger charge is -2.02. The lowest BCUT2D eigenvalue weighted by atomic mass is 10.2. The lowest BCUT2D eigenvalue weighted by molar-refractivity contribution is -0.141. The van der Waals surface area contributed by atoms with Gasteiger partial charge in [0.15, 0.2) is 0 Å². The summed E-state index contributed by atoms with van der Waals surface area (Å²) in [5.41, 5.74) is 1.53. The topological polar surface area (TPSA) is 51.0 Å². The van der Waals surface area contributed by atoms with Crippen molar-refractivity contribution >= 4 is 45.8 Å². The van der Waals surface area contributed by atoms with E-state index in [1.807, 2.05) is 13.0 Å². The van der Waals surface area contributed by atoms with Crippen LogP contribution >= 0.6 is 34.2 Å². The van der Waals surface area contributed by atoms with Gasteiger partial charge in [-0.2, -0.15) is 0 Å². The molecule has 0 aromatic heterocycles. The first-order valence-electron chi connectivity index (χ1n) is 4.05. The fourth-order valence-corrected chi connectivity index (χ4v) is 1.87. The van der Waals surface area contributed by atoms with E-state index in [1.165, 1.54) is 6.92 Å². The zero-order valence-electron chi connectivity index (χ0n) is 8.12. The van der Waals surface area contributed by atoms with Crippen molar-refractivity contribution in [3.8, 4) is 0 Å². The molecule has 1 aromatic rings. The Kier molecular flexibility index (Phi) is 4.46. The Morgan fingerprint density at radius 3 is 2.80 bits per heavy atom. The molecule has 80 valence electrons. The average molecular weight is 339 g/mol. The highest BCUT2D eigenvalue weighted by atomic mass is 127. The molecular weight excluding hydrogens is 330 g/mol. The van der Waals surface area contributed by atoms with Crippen LogP contribution in [0.2, 0.25) is 5.02 Å². The largest absolute Gasteiger partial charge is 0.333 e. The highest BCUT2D eigenvalue weighted by molar-refractivity contribution is 14.1. The van der Waals surface area contributed by atoms with E-state index < -0.39 is 5.97 Å². The molecule has 0 bridgehead atoms. The molecule has 0 heterocycles. The van der Waals surface area contributed by atoms with Crippen LogP contribution in [0.5, 0.6) is 0 Å². The molecule has 0 atom stereocenters. The molecule has 0 saturated heterocycles. The number of hydrogen-bond donors (Lipinski definition) is 0. The van der Waals surface area contributed by atoms with Crippen molar-refractivity contribution in [3.05, 3.63) is 26.3 Å². The fourth-order valence-electron chi connectivity index (χ4n) is 0.858. The third-order valence-electron chi connectivity index (χ3n) is 1.60. The predicted molar refractivity (Wildman–Crippen MR) is 65.2 cm³/mol. The molecule has 0 radical (unpaired) electrons. The molecule has 0 aliphatic heterocycles. The molecule has 0 amide bonds. The number of carbonyl (C=O) groups excluding carboxylic acids is 1. The van der Waals surface area contributed by atoms with E-state index in [2.05, 4.69) is 37.8 Å². The molecule has 0 saturated carbocycles. The van der Waals surface area contributed by atoms with E-state index in [4.69, 9.17) is 11.6 Å². The van der Waals surface area contributed by atoms with Crippen LogP contribution < -0.4 is 0 Å². The molecule has 1 rings (SSSR count). The van der Waals surface area contributed by atoms with Crippen LogP contribution in [0.1, 0.15) is 12.5 Å². The normalized spacial score (nSPS) is 10.7. The third kappa shape index (κ3) is 3.75. The maximum atomic E-state index is 10.4. The van der Waals surface area contributed by atoms with Crippen LogP contribution in [-0.4, -0.2) is 5.97 Å². The summed E-state index contributed by atoms with van der Waals surface area (Å²) < 4.78 is 0.983. The first-order valence-corrected chi connectivity index (χ1v) is 5.50. The van der Waals surface area contributed by atoms with Crippen LogP contribution in [0.15, 0.2) is 22.5 Å². The van der Waals surface area contributed by atoms with Crippen LogP contribution in [0.4, 0.5) is 5.69 Å². The number of hydrogen-bond acceptors (Lipinski definition) is 4. The minimum atomic E-state index is -0.506. The van der Waals surface area contributed by atoms with Gasteiger partial charge in [-0.05, 0) is 47.2 Å². The molecule has 4 nitrogen and oxygen atoms in total. The zero-order chi connectivity index (χ0) is 11.4. The minimum absolute atomic E-state index is 0.506. The van der Waals surface area contributed by atoms with Crippen LogP contribution in [0.3, 0.4) is 0 Å². The molecule has 6 heteroatoms. The summed E-state index contributed by atoms with van der Waals surface area (Å²) in [5, 5.41) is 7.63. The Morgan fingerprint density at radius 2 is 2.20 bits per heavy atom. The summed E-state index contributed by atoms with van der Waals surface area (Å²) in [4.78, 5) is 14.8. The number of rotatable bonds is 2. The summed E-state index contributed by atoms with van der Waals surface area (Å²) >= 11 is 8.00. The minimum Gasteiger partial charge on any atom is -0.300 e. The van der Waals surface area contributed by atoms with E-state index in [1.54, 1.807) is 6.07 Å². The lowest BCUT2D eigenvalue weighted by Crippen LogP contribution is -1.89. The van der Waals surface area contributed by atoms with Crippen molar-refractivity contribution < 1.29 is 9.63 Å². The number of carbonyl (C=O) groups is 1. The molecule has 0 aliphatic rings. The maximum absolute atomic E-state index is 10.4. The van der Waals surface area contributed by atoms with Gasteiger partial charge in [0, 0.05) is 20.8 Å². The summed E-state index contributed by atoms with van der Waals surface area (Å²) in [5.74, 6) is -0.506. The zero-order valence-corrected chi connectivity index (χ0v) is 11.0. The van der Waals surface area contributed by atoms with E-state index >= 15 is 0 Å². The first-order chi connectivity index (χ1) is 7.00. The highest BCUT2D eigenvalue weighted by Gasteiger charge is 2.03. The molecule has 1 aromatic carbocycles. The van der Waals surface area contributed by atoms with Gasteiger partial charge in [0.05, 0.1) is 5.69 Å². The fraction of sp³-hybridized carbons (Fsp3) is 0.222. The van der Waals surface area contributed by atoms with E-state index in [0.717, 1.165) is 9.13 Å². The Labute approximate surface area is 106 Å². The predicted octanol–water partition coefficient (Wildman–Crippen LogP) is 3.81. The van der Waals surface area contributed by atoms with Gasteiger partial charge in [-0.25, -0.2) is 4.79 Å². The Morgan fingerprint density at radius 1 is 1.53 bits per heavy atom. The van der Waals surface area contributed by atoms with E-state index in [9.17, 15) is 4.79 Å². The van der Waals surface area contributed by atoms with Crippen molar-refractivity contribution in [1.29, 1.82) is 0 Å². The van der Waals surface area contributed by atoms with Crippen molar-refractivity contribution in [1.82, 2.24) is 0 Å². The summed E-state index contributed by atoms with van der Waals surface area (Å²) in [6.07, 6.45) is 0. The summed E-state index contributed by atoms with van der Waals surface area (Å²) in [7, 11) is 0. The Bertz CT molecular complexity index is 421. The molecular formula is C9H8ClIN2O2. The quantitative estimate of drug-likeness (QED) is 0.468. The van der Waals surface area contributed by atoms with Gasteiger partial charge < -0.3 is 4.84 Å². The third-order valence-corrected chi connectivity index (χ3v) is 2.94.